The maximum atomic E-state index is 12.1. The van der Waals surface area contributed by atoms with Crippen molar-refractivity contribution in [2.45, 2.75) is 40.2 Å². The average molecular weight is 241 g/mol. The Morgan fingerprint density at radius 2 is 1.53 bits per heavy atom. The fourth-order valence-electron chi connectivity index (χ4n) is 2.12. The Morgan fingerprint density at radius 3 is 1.88 bits per heavy atom. The van der Waals surface area contributed by atoms with Gasteiger partial charge in [0.15, 0.2) is 0 Å². The van der Waals surface area contributed by atoms with Crippen LogP contribution in [0.4, 0.5) is 0 Å². The van der Waals surface area contributed by atoms with Gasteiger partial charge in [0.25, 0.3) is 0 Å². The highest BCUT2D eigenvalue weighted by Crippen LogP contribution is 2.21. The number of hydrogen-bond donors (Lipinski definition) is 1. The number of carbonyl (C=O) groups is 1. The molecule has 0 saturated carbocycles. The first-order chi connectivity index (χ1) is 7.68. The molecule has 0 aliphatic carbocycles. The van der Waals surface area contributed by atoms with Crippen LogP contribution in [0.25, 0.3) is 0 Å². The third kappa shape index (κ3) is 3.42. The van der Waals surface area contributed by atoms with Crippen LogP contribution in [0.5, 0.6) is 0 Å². The highest BCUT2D eigenvalue weighted by atomic mass is 16.2. The maximum Gasteiger partial charge on any atom is 0.228 e. The van der Waals surface area contributed by atoms with Crippen LogP contribution in [-0.2, 0) is 4.79 Å². The number of carbonyl (C=O) groups excluding carboxylic acids is 1. The van der Waals surface area contributed by atoms with Crippen LogP contribution in [0, 0.1) is 5.41 Å². The van der Waals surface area contributed by atoms with Crippen LogP contribution in [0.15, 0.2) is 0 Å². The highest BCUT2D eigenvalue weighted by Gasteiger charge is 2.33. The van der Waals surface area contributed by atoms with Gasteiger partial charge in [-0.15, -0.1) is 0 Å². The molecule has 0 unspecified atom stereocenters. The zero-order valence-corrected chi connectivity index (χ0v) is 11.9. The number of nitrogens with zero attached hydrogens (tertiary/aromatic N) is 2. The van der Waals surface area contributed by atoms with Crippen LogP contribution in [0.1, 0.15) is 34.6 Å². The third-order valence-electron chi connectivity index (χ3n) is 3.56. The molecule has 1 aliphatic rings. The third-order valence-corrected chi connectivity index (χ3v) is 3.56. The van der Waals surface area contributed by atoms with Crippen molar-refractivity contribution in [3.8, 4) is 0 Å². The van der Waals surface area contributed by atoms with Crippen molar-refractivity contribution in [1.82, 2.24) is 9.80 Å². The second kappa shape index (κ2) is 4.94. The Hall–Kier alpha value is -0.610. The van der Waals surface area contributed by atoms with Gasteiger partial charge in [0.05, 0.1) is 0 Å². The lowest BCUT2D eigenvalue weighted by Gasteiger charge is -2.44. The molecule has 0 radical (unpaired) electrons. The van der Waals surface area contributed by atoms with Crippen molar-refractivity contribution in [2.75, 3.05) is 32.7 Å². The van der Waals surface area contributed by atoms with Crippen LogP contribution in [0.2, 0.25) is 0 Å². The minimum absolute atomic E-state index is 0.0386. The lowest BCUT2D eigenvalue weighted by atomic mass is 9.94. The van der Waals surface area contributed by atoms with E-state index in [0.29, 0.717) is 6.54 Å². The maximum absolute atomic E-state index is 12.1. The predicted octanol–water partition coefficient (Wildman–Crippen LogP) is 0.914. The molecule has 1 aliphatic heterocycles. The summed E-state index contributed by atoms with van der Waals surface area (Å²) < 4.78 is 0. The van der Waals surface area contributed by atoms with Gasteiger partial charge in [0, 0.05) is 43.7 Å². The molecule has 0 atom stereocenters. The molecule has 4 nitrogen and oxygen atoms in total. The van der Waals surface area contributed by atoms with Gasteiger partial charge in [-0.05, 0) is 13.8 Å². The van der Waals surface area contributed by atoms with Gasteiger partial charge in [-0.2, -0.15) is 0 Å². The first-order valence-corrected chi connectivity index (χ1v) is 6.43. The molecule has 1 fully saturated rings. The molecule has 100 valence electrons. The molecule has 1 rings (SSSR count). The largest absolute Gasteiger partial charge is 0.340 e. The summed E-state index contributed by atoms with van der Waals surface area (Å²) in [5.41, 5.74) is 5.54. The van der Waals surface area contributed by atoms with Crippen molar-refractivity contribution in [3.05, 3.63) is 0 Å². The summed E-state index contributed by atoms with van der Waals surface area (Å²) in [7, 11) is 0. The molecule has 0 aromatic heterocycles. The Balaban J connectivity index is 2.55. The smallest absolute Gasteiger partial charge is 0.228 e. The van der Waals surface area contributed by atoms with Crippen molar-refractivity contribution in [2.24, 2.45) is 11.1 Å². The molecule has 1 heterocycles. The molecule has 4 heteroatoms. The summed E-state index contributed by atoms with van der Waals surface area (Å²) in [5.74, 6) is 0.253. The first-order valence-electron chi connectivity index (χ1n) is 6.43. The number of rotatable bonds is 2. The number of amides is 1. The molecule has 0 spiro atoms. The highest BCUT2D eigenvalue weighted by molar-refractivity contribution is 5.81. The van der Waals surface area contributed by atoms with Crippen LogP contribution >= 0.6 is 0 Å². The monoisotopic (exact) mass is 241 g/mol. The second-order valence-corrected chi connectivity index (χ2v) is 6.55. The number of nitrogens with two attached hydrogens (primary N) is 1. The van der Waals surface area contributed by atoms with Crippen LogP contribution in [-0.4, -0.2) is 54.0 Å². The van der Waals surface area contributed by atoms with Crippen LogP contribution < -0.4 is 5.73 Å². The molecule has 1 saturated heterocycles. The van der Waals surface area contributed by atoms with Gasteiger partial charge in [-0.3, -0.25) is 9.69 Å². The summed E-state index contributed by atoms with van der Waals surface area (Å²) in [6, 6.07) is 0. The zero-order valence-electron chi connectivity index (χ0n) is 11.9. The lowest BCUT2D eigenvalue weighted by Crippen LogP contribution is -2.59. The molecular formula is C13H27N3O. The van der Waals surface area contributed by atoms with Gasteiger partial charge < -0.3 is 10.6 Å². The SMILES string of the molecule is CC(C)(C)C(=O)N1CCN(C(C)(C)CN)CC1. The van der Waals surface area contributed by atoms with Crippen LogP contribution in [0.3, 0.4) is 0 Å². The summed E-state index contributed by atoms with van der Waals surface area (Å²) in [6.45, 7) is 14.4. The van der Waals surface area contributed by atoms with E-state index < -0.39 is 0 Å². The minimum Gasteiger partial charge on any atom is -0.340 e. The minimum atomic E-state index is -0.272. The van der Waals surface area contributed by atoms with E-state index in [1.165, 1.54) is 0 Å². The molecule has 0 aromatic carbocycles. The van der Waals surface area contributed by atoms with Gasteiger partial charge in [-0.1, -0.05) is 20.8 Å². The Bertz CT molecular complexity index is 273. The van der Waals surface area contributed by atoms with E-state index in [2.05, 4.69) is 18.7 Å². The fourth-order valence-corrected chi connectivity index (χ4v) is 2.12. The Labute approximate surface area is 105 Å². The standard InChI is InChI=1S/C13H27N3O/c1-12(2,3)11(17)15-6-8-16(9-7-15)13(4,5)10-14/h6-10,14H2,1-5H3. The quantitative estimate of drug-likeness (QED) is 0.782. The summed E-state index contributed by atoms with van der Waals surface area (Å²) >= 11 is 0. The predicted molar refractivity (Wildman–Crippen MR) is 70.7 cm³/mol. The van der Waals surface area contributed by atoms with Crippen molar-refractivity contribution in [1.29, 1.82) is 0 Å². The first kappa shape index (κ1) is 14.5. The van der Waals surface area contributed by atoms with E-state index in [1.54, 1.807) is 0 Å². The molecule has 0 aromatic rings. The van der Waals surface area contributed by atoms with E-state index in [-0.39, 0.29) is 16.9 Å². The van der Waals surface area contributed by atoms with Crippen molar-refractivity contribution < 1.29 is 4.79 Å². The normalized spacial score (nSPS) is 19.5. The summed E-state index contributed by atoms with van der Waals surface area (Å²) in [6.07, 6.45) is 0. The zero-order chi connectivity index (χ0) is 13.3. The van der Waals surface area contributed by atoms with Gasteiger partial charge in [-0.25, -0.2) is 0 Å². The fraction of sp³-hybridized carbons (Fsp3) is 0.923. The topological polar surface area (TPSA) is 49.6 Å². The van der Waals surface area contributed by atoms with E-state index >= 15 is 0 Å². The summed E-state index contributed by atoms with van der Waals surface area (Å²) in [4.78, 5) is 16.5. The Morgan fingerprint density at radius 1 is 1.06 bits per heavy atom. The number of piperazine rings is 1. The van der Waals surface area contributed by atoms with E-state index in [1.807, 2.05) is 25.7 Å². The van der Waals surface area contributed by atoms with E-state index in [4.69, 9.17) is 5.73 Å². The van der Waals surface area contributed by atoms with Gasteiger partial charge >= 0.3 is 0 Å². The van der Waals surface area contributed by atoms with Gasteiger partial charge in [0.1, 0.15) is 0 Å². The average Bonchev–Trinajstić information content (AvgIpc) is 2.27. The molecule has 1 amide bonds. The van der Waals surface area contributed by atoms with E-state index in [9.17, 15) is 4.79 Å². The lowest BCUT2D eigenvalue weighted by molar-refractivity contribution is -0.142. The summed E-state index contributed by atoms with van der Waals surface area (Å²) in [5, 5.41) is 0. The molecule has 0 bridgehead atoms. The second-order valence-electron chi connectivity index (χ2n) is 6.55. The van der Waals surface area contributed by atoms with E-state index in [0.717, 1.165) is 26.2 Å². The molecule has 17 heavy (non-hydrogen) atoms. The number of hydrogen-bond acceptors (Lipinski definition) is 3. The van der Waals surface area contributed by atoms with Crippen molar-refractivity contribution >= 4 is 5.91 Å². The molecule has 2 N–H and O–H groups in total. The molecular weight excluding hydrogens is 214 g/mol. The van der Waals surface area contributed by atoms with Gasteiger partial charge in [0.2, 0.25) is 5.91 Å². The Kier molecular flexibility index (Phi) is 4.20. The van der Waals surface area contributed by atoms with Crippen molar-refractivity contribution in [3.63, 3.8) is 0 Å².